The van der Waals surface area contributed by atoms with E-state index in [1.54, 1.807) is 0 Å². The molecule has 0 spiro atoms. The smallest absolute Gasteiger partial charge is 0.392 e. The molecule has 1 N–H and O–H groups in total. The van der Waals surface area contributed by atoms with E-state index in [9.17, 15) is 13.2 Å². The van der Waals surface area contributed by atoms with Gasteiger partial charge in [-0.1, -0.05) is 29.3 Å². The topological polar surface area (TPSA) is 32.6 Å². The molecular weight excluding hydrogens is 266 g/mol. The van der Waals surface area contributed by atoms with E-state index in [0.717, 1.165) is 0 Å². The van der Waals surface area contributed by atoms with Crippen molar-refractivity contribution in [3.8, 4) is 0 Å². The second-order valence-corrected chi connectivity index (χ2v) is 3.63. The number of aliphatic hydroxyl groups is 1. The summed E-state index contributed by atoms with van der Waals surface area (Å²) in [5, 5.41) is 7.59. The van der Waals surface area contributed by atoms with Crippen LogP contribution in [0.4, 0.5) is 18.9 Å². The van der Waals surface area contributed by atoms with Gasteiger partial charge in [-0.3, -0.25) is 0 Å². The number of alkyl halides is 3. The summed E-state index contributed by atoms with van der Waals surface area (Å²) in [5.41, 5.74) is 0.115. The second kappa shape index (κ2) is 5.03. The van der Waals surface area contributed by atoms with Gasteiger partial charge in [-0.05, 0) is 12.1 Å². The molecule has 7 heteroatoms. The first-order valence-electron chi connectivity index (χ1n) is 4.05. The lowest BCUT2D eigenvalue weighted by molar-refractivity contribution is -0.0558. The number of rotatable bonds is 2. The quantitative estimate of drug-likeness (QED) is 0.818. The summed E-state index contributed by atoms with van der Waals surface area (Å²) >= 11 is 10.6. The molecule has 0 radical (unpaired) electrons. The molecule has 0 unspecified atom stereocenters. The Morgan fingerprint density at radius 2 is 2.00 bits per heavy atom. The third kappa shape index (κ3) is 3.37. The predicted octanol–water partition coefficient (Wildman–Crippen LogP) is 3.66. The molecule has 0 saturated heterocycles. The normalized spacial score (nSPS) is 13.0. The van der Waals surface area contributed by atoms with Crippen LogP contribution in [-0.2, 0) is 6.61 Å². The largest absolute Gasteiger partial charge is 0.444 e. The van der Waals surface area contributed by atoms with Gasteiger partial charge < -0.3 is 5.11 Å². The number of hydrogen-bond donors (Lipinski definition) is 1. The van der Waals surface area contributed by atoms with Crippen LogP contribution in [0.15, 0.2) is 23.2 Å². The number of hydrogen-bond acceptors (Lipinski definition) is 2. The van der Waals surface area contributed by atoms with Crippen LogP contribution in [0.2, 0.25) is 5.02 Å². The molecule has 0 heterocycles. The van der Waals surface area contributed by atoms with Gasteiger partial charge in [-0.15, -0.1) is 0 Å². The fraction of sp³-hybridized carbons (Fsp3) is 0.222. The van der Waals surface area contributed by atoms with Crippen molar-refractivity contribution >= 4 is 34.1 Å². The fourth-order valence-corrected chi connectivity index (χ4v) is 1.20. The lowest BCUT2D eigenvalue weighted by Gasteiger charge is -2.06. The molecule has 88 valence electrons. The summed E-state index contributed by atoms with van der Waals surface area (Å²) in [4.78, 5) is 3.17. The molecule has 0 saturated carbocycles. The molecule has 1 aromatic rings. The van der Waals surface area contributed by atoms with E-state index in [-0.39, 0.29) is 16.3 Å². The molecule has 0 fully saturated rings. The first-order chi connectivity index (χ1) is 7.34. The van der Waals surface area contributed by atoms with Crippen LogP contribution in [0.5, 0.6) is 0 Å². The minimum Gasteiger partial charge on any atom is -0.392 e. The van der Waals surface area contributed by atoms with Crippen LogP contribution in [0.25, 0.3) is 0 Å². The Labute approximate surface area is 99.3 Å². The highest BCUT2D eigenvalue weighted by Gasteiger charge is 2.34. The standard InChI is InChI=1S/C9H6Cl2F3NO/c10-6-2-1-5(4-16)7(3-6)15-8(11)9(12,13)14/h1-3,16H,4H2. The molecule has 0 atom stereocenters. The zero-order valence-corrected chi connectivity index (χ0v) is 9.24. The molecule has 0 aliphatic rings. The Kier molecular flexibility index (Phi) is 4.18. The SMILES string of the molecule is OCc1ccc(Cl)cc1N=C(Cl)C(F)(F)F. The third-order valence-electron chi connectivity index (χ3n) is 1.67. The van der Waals surface area contributed by atoms with Crippen LogP contribution < -0.4 is 0 Å². The van der Waals surface area contributed by atoms with Crippen molar-refractivity contribution in [2.45, 2.75) is 12.8 Å². The maximum atomic E-state index is 12.1. The van der Waals surface area contributed by atoms with Gasteiger partial charge in [0.05, 0.1) is 12.3 Å². The van der Waals surface area contributed by atoms with E-state index in [1.165, 1.54) is 18.2 Å². The number of benzene rings is 1. The van der Waals surface area contributed by atoms with Gasteiger partial charge in [0.15, 0.2) is 0 Å². The van der Waals surface area contributed by atoms with Crippen molar-refractivity contribution in [1.29, 1.82) is 0 Å². The van der Waals surface area contributed by atoms with Gasteiger partial charge >= 0.3 is 6.18 Å². The summed E-state index contributed by atoms with van der Waals surface area (Å²) in [6, 6.07) is 4.01. The Bertz CT molecular complexity index is 418. The highest BCUT2D eigenvalue weighted by Crippen LogP contribution is 2.28. The minimum atomic E-state index is -4.71. The minimum absolute atomic E-state index is 0.0997. The van der Waals surface area contributed by atoms with Crippen molar-refractivity contribution in [3.05, 3.63) is 28.8 Å². The lowest BCUT2D eigenvalue weighted by Crippen LogP contribution is -2.16. The number of nitrogens with zero attached hydrogens (tertiary/aromatic N) is 1. The molecule has 1 aromatic carbocycles. The van der Waals surface area contributed by atoms with Gasteiger partial charge in [-0.25, -0.2) is 4.99 Å². The summed E-state index contributed by atoms with van der Waals surface area (Å²) in [6.45, 7) is -0.446. The zero-order valence-electron chi connectivity index (χ0n) is 7.72. The van der Waals surface area contributed by atoms with Crippen LogP contribution in [0.1, 0.15) is 5.56 Å². The van der Waals surface area contributed by atoms with Crippen molar-refractivity contribution in [2.75, 3.05) is 0 Å². The first-order valence-corrected chi connectivity index (χ1v) is 4.81. The maximum absolute atomic E-state index is 12.1. The summed E-state index contributed by atoms with van der Waals surface area (Å²) in [6.07, 6.45) is -4.71. The fourth-order valence-electron chi connectivity index (χ4n) is 0.944. The Balaban J connectivity index is 3.18. The van der Waals surface area contributed by atoms with E-state index < -0.39 is 18.0 Å². The summed E-state index contributed by atoms with van der Waals surface area (Å²) in [5.74, 6) is 0. The van der Waals surface area contributed by atoms with Crippen LogP contribution >= 0.6 is 23.2 Å². The monoisotopic (exact) mass is 271 g/mol. The molecule has 0 aliphatic carbocycles. The molecular formula is C9H6Cl2F3NO. The molecule has 0 aromatic heterocycles. The van der Waals surface area contributed by atoms with E-state index in [4.69, 9.17) is 28.3 Å². The van der Waals surface area contributed by atoms with E-state index in [1.807, 2.05) is 0 Å². The summed E-state index contributed by atoms with van der Waals surface area (Å²) in [7, 11) is 0. The van der Waals surface area contributed by atoms with Crippen molar-refractivity contribution in [2.24, 2.45) is 4.99 Å². The molecule has 2 nitrogen and oxygen atoms in total. The van der Waals surface area contributed by atoms with Crippen LogP contribution in [0, 0.1) is 0 Å². The lowest BCUT2D eigenvalue weighted by atomic mass is 10.2. The average molecular weight is 272 g/mol. The summed E-state index contributed by atoms with van der Waals surface area (Å²) < 4.78 is 36.3. The van der Waals surface area contributed by atoms with Gasteiger partial charge in [0.2, 0.25) is 5.17 Å². The molecule has 0 bridgehead atoms. The Morgan fingerprint density at radius 3 is 2.50 bits per heavy atom. The van der Waals surface area contributed by atoms with E-state index >= 15 is 0 Å². The van der Waals surface area contributed by atoms with Gasteiger partial charge in [-0.2, -0.15) is 13.2 Å². The van der Waals surface area contributed by atoms with Crippen LogP contribution in [0.3, 0.4) is 0 Å². The first kappa shape index (κ1) is 13.3. The Hall–Kier alpha value is -0.780. The maximum Gasteiger partial charge on any atom is 0.444 e. The molecule has 16 heavy (non-hydrogen) atoms. The van der Waals surface area contributed by atoms with Crippen molar-refractivity contribution in [1.82, 2.24) is 0 Å². The van der Waals surface area contributed by atoms with E-state index in [2.05, 4.69) is 4.99 Å². The molecule has 0 amide bonds. The van der Waals surface area contributed by atoms with Gasteiger partial charge in [0.1, 0.15) is 0 Å². The third-order valence-corrected chi connectivity index (χ3v) is 2.20. The number of halogens is 5. The van der Waals surface area contributed by atoms with Gasteiger partial charge in [0, 0.05) is 10.6 Å². The van der Waals surface area contributed by atoms with Gasteiger partial charge in [0.25, 0.3) is 0 Å². The number of aliphatic hydroxyl groups excluding tert-OH is 1. The van der Waals surface area contributed by atoms with E-state index in [0.29, 0.717) is 0 Å². The number of aliphatic imine (C=N–C) groups is 1. The highest BCUT2D eigenvalue weighted by molar-refractivity contribution is 6.67. The predicted molar refractivity (Wildman–Crippen MR) is 56.4 cm³/mol. The highest BCUT2D eigenvalue weighted by atomic mass is 35.5. The molecule has 1 rings (SSSR count). The van der Waals surface area contributed by atoms with Crippen LogP contribution in [-0.4, -0.2) is 16.5 Å². The van der Waals surface area contributed by atoms with Crippen molar-refractivity contribution < 1.29 is 18.3 Å². The average Bonchev–Trinajstić information content (AvgIpc) is 2.16. The zero-order chi connectivity index (χ0) is 12.3. The second-order valence-electron chi connectivity index (χ2n) is 2.83. The van der Waals surface area contributed by atoms with Crippen molar-refractivity contribution in [3.63, 3.8) is 0 Å². The Morgan fingerprint density at radius 1 is 1.38 bits per heavy atom. The molecule has 0 aliphatic heterocycles.